The van der Waals surface area contributed by atoms with Crippen molar-refractivity contribution in [3.8, 4) is 0 Å². The van der Waals surface area contributed by atoms with Gasteiger partial charge in [0.1, 0.15) is 6.04 Å². The van der Waals surface area contributed by atoms with E-state index >= 15 is 0 Å². The summed E-state index contributed by atoms with van der Waals surface area (Å²) in [6.45, 7) is 3.77. The van der Waals surface area contributed by atoms with Crippen LogP contribution in [0.3, 0.4) is 0 Å². The van der Waals surface area contributed by atoms with Gasteiger partial charge < -0.3 is 4.74 Å². The molecule has 0 rings (SSSR count). The molecule has 62 valence electrons. The summed E-state index contributed by atoms with van der Waals surface area (Å²) >= 11 is 0. The van der Waals surface area contributed by atoms with Gasteiger partial charge in [0.05, 0.1) is 6.61 Å². The van der Waals surface area contributed by atoms with Crippen LogP contribution in [0.25, 0.3) is 10.4 Å². The molecule has 0 aromatic carbocycles. The maximum atomic E-state index is 10.8. The van der Waals surface area contributed by atoms with Crippen molar-refractivity contribution in [3.63, 3.8) is 0 Å². The fourth-order valence-electron chi connectivity index (χ4n) is 0.448. The number of rotatable bonds is 4. The number of nitrogens with zero attached hydrogens (tertiary/aromatic N) is 3. The minimum Gasteiger partial charge on any atom is -0.465 e. The van der Waals surface area contributed by atoms with Gasteiger partial charge in [-0.05, 0) is 18.9 Å². The van der Waals surface area contributed by atoms with Crippen molar-refractivity contribution >= 4 is 5.97 Å². The Bertz CT molecular complexity index is 175. The third kappa shape index (κ3) is 4.22. The fourth-order valence-corrected chi connectivity index (χ4v) is 0.448. The summed E-state index contributed by atoms with van der Waals surface area (Å²) in [5.41, 5.74) is 7.96. The maximum absolute atomic E-state index is 10.8. The molecule has 0 saturated carbocycles. The number of carbonyl (C=O) groups is 1. The lowest BCUT2D eigenvalue weighted by molar-refractivity contribution is -0.144. The summed E-state index contributed by atoms with van der Waals surface area (Å²) < 4.78 is 4.70. The van der Waals surface area contributed by atoms with E-state index in [1.807, 2.05) is 6.92 Å². The Morgan fingerprint density at radius 3 is 2.91 bits per heavy atom. The first kappa shape index (κ1) is 9.78. The standard InChI is InChI=1S/C6H11N3O2/c1-3-4-11-6(10)5(2)8-9-7/h5H,3-4H2,1-2H3/t5-/m1/s1. The Labute approximate surface area is 65.0 Å². The molecular weight excluding hydrogens is 146 g/mol. The van der Waals surface area contributed by atoms with Gasteiger partial charge >= 0.3 is 5.97 Å². The van der Waals surface area contributed by atoms with Crippen molar-refractivity contribution in [1.82, 2.24) is 0 Å². The smallest absolute Gasteiger partial charge is 0.314 e. The zero-order valence-corrected chi connectivity index (χ0v) is 6.65. The Hall–Kier alpha value is -1.22. The van der Waals surface area contributed by atoms with Gasteiger partial charge in [-0.2, -0.15) is 0 Å². The molecule has 0 heterocycles. The fraction of sp³-hybridized carbons (Fsp3) is 0.833. The minimum atomic E-state index is -0.716. The van der Waals surface area contributed by atoms with Gasteiger partial charge in [-0.3, -0.25) is 4.79 Å². The number of azide groups is 1. The van der Waals surface area contributed by atoms with Gasteiger partial charge in [0.2, 0.25) is 0 Å². The Balaban J connectivity index is 3.73. The van der Waals surface area contributed by atoms with Crippen molar-refractivity contribution in [2.45, 2.75) is 26.3 Å². The van der Waals surface area contributed by atoms with Gasteiger partial charge in [-0.15, -0.1) is 0 Å². The summed E-state index contributed by atoms with van der Waals surface area (Å²) in [7, 11) is 0. The number of hydrogen-bond acceptors (Lipinski definition) is 3. The molecule has 1 atom stereocenters. The second-order valence-electron chi connectivity index (χ2n) is 2.05. The van der Waals surface area contributed by atoms with E-state index in [1.54, 1.807) is 0 Å². The predicted molar refractivity (Wildman–Crippen MR) is 39.9 cm³/mol. The van der Waals surface area contributed by atoms with Crippen molar-refractivity contribution in [3.05, 3.63) is 10.4 Å². The quantitative estimate of drug-likeness (QED) is 0.269. The Morgan fingerprint density at radius 2 is 2.45 bits per heavy atom. The van der Waals surface area contributed by atoms with Crippen molar-refractivity contribution in [2.24, 2.45) is 5.11 Å². The highest BCUT2D eigenvalue weighted by Crippen LogP contribution is 1.94. The van der Waals surface area contributed by atoms with Crippen LogP contribution in [-0.4, -0.2) is 18.6 Å². The van der Waals surface area contributed by atoms with Crippen molar-refractivity contribution in [2.75, 3.05) is 6.61 Å². The number of carbonyl (C=O) groups excluding carboxylic acids is 1. The summed E-state index contributed by atoms with van der Waals surface area (Å²) in [5, 5.41) is 3.18. The van der Waals surface area contributed by atoms with Crippen LogP contribution in [0.5, 0.6) is 0 Å². The predicted octanol–water partition coefficient (Wildman–Crippen LogP) is 1.64. The van der Waals surface area contributed by atoms with Crippen molar-refractivity contribution < 1.29 is 9.53 Å². The van der Waals surface area contributed by atoms with Crippen LogP contribution in [0.1, 0.15) is 20.3 Å². The average Bonchev–Trinajstić information content (AvgIpc) is 2.00. The molecule has 0 aliphatic heterocycles. The Morgan fingerprint density at radius 1 is 1.82 bits per heavy atom. The van der Waals surface area contributed by atoms with Crippen LogP contribution < -0.4 is 0 Å². The molecule has 0 N–H and O–H groups in total. The second-order valence-corrected chi connectivity index (χ2v) is 2.05. The van der Waals surface area contributed by atoms with E-state index in [1.165, 1.54) is 6.92 Å². The first-order chi connectivity index (χ1) is 5.22. The first-order valence-corrected chi connectivity index (χ1v) is 3.43. The summed E-state index contributed by atoms with van der Waals surface area (Å²) in [4.78, 5) is 13.3. The molecule has 0 radical (unpaired) electrons. The van der Waals surface area contributed by atoms with Crippen LogP contribution in [0, 0.1) is 0 Å². The highest BCUT2D eigenvalue weighted by Gasteiger charge is 2.10. The third-order valence-electron chi connectivity index (χ3n) is 1.01. The molecule has 0 saturated heterocycles. The molecule has 0 aliphatic rings. The van der Waals surface area contributed by atoms with Crippen LogP contribution in [0.15, 0.2) is 5.11 Å². The van der Waals surface area contributed by atoms with Gasteiger partial charge in [0, 0.05) is 4.91 Å². The zero-order chi connectivity index (χ0) is 8.69. The normalized spacial score (nSPS) is 11.5. The van der Waals surface area contributed by atoms with E-state index in [-0.39, 0.29) is 0 Å². The van der Waals surface area contributed by atoms with Crippen LogP contribution in [0.4, 0.5) is 0 Å². The lowest BCUT2D eigenvalue weighted by Crippen LogP contribution is -2.17. The lowest BCUT2D eigenvalue weighted by Gasteiger charge is -2.03. The number of ether oxygens (including phenoxy) is 1. The molecular formula is C6H11N3O2. The van der Waals surface area contributed by atoms with Gasteiger partial charge in [0.15, 0.2) is 0 Å². The van der Waals surface area contributed by atoms with Crippen LogP contribution in [0.2, 0.25) is 0 Å². The van der Waals surface area contributed by atoms with E-state index < -0.39 is 12.0 Å². The number of hydrogen-bond donors (Lipinski definition) is 0. The molecule has 0 unspecified atom stereocenters. The maximum Gasteiger partial charge on any atom is 0.314 e. The van der Waals surface area contributed by atoms with Gasteiger partial charge in [0.25, 0.3) is 0 Å². The number of esters is 1. The van der Waals surface area contributed by atoms with E-state index in [9.17, 15) is 4.79 Å². The molecule has 0 fully saturated rings. The van der Waals surface area contributed by atoms with Gasteiger partial charge in [-0.1, -0.05) is 12.0 Å². The summed E-state index contributed by atoms with van der Waals surface area (Å²) in [6.07, 6.45) is 0.773. The second kappa shape index (κ2) is 5.56. The molecule has 5 nitrogen and oxygen atoms in total. The van der Waals surface area contributed by atoms with Crippen molar-refractivity contribution in [1.29, 1.82) is 0 Å². The zero-order valence-electron chi connectivity index (χ0n) is 6.65. The van der Waals surface area contributed by atoms with E-state index in [0.29, 0.717) is 6.61 Å². The highest BCUT2D eigenvalue weighted by molar-refractivity contribution is 5.75. The minimum absolute atomic E-state index is 0.379. The first-order valence-electron chi connectivity index (χ1n) is 3.43. The SMILES string of the molecule is CCCOC(=O)[C@@H](C)N=[N+]=[N-]. The van der Waals surface area contributed by atoms with Gasteiger partial charge in [-0.25, -0.2) is 0 Å². The van der Waals surface area contributed by atoms with E-state index in [0.717, 1.165) is 6.42 Å². The molecule has 0 aliphatic carbocycles. The molecule has 5 heteroatoms. The van der Waals surface area contributed by atoms with E-state index in [4.69, 9.17) is 10.3 Å². The third-order valence-corrected chi connectivity index (χ3v) is 1.01. The molecule has 0 bridgehead atoms. The molecule has 0 aromatic rings. The largest absolute Gasteiger partial charge is 0.465 e. The molecule has 0 aromatic heterocycles. The molecule has 0 spiro atoms. The molecule has 11 heavy (non-hydrogen) atoms. The highest BCUT2D eigenvalue weighted by atomic mass is 16.5. The Kier molecular flexibility index (Phi) is 4.94. The lowest BCUT2D eigenvalue weighted by atomic mass is 10.4. The average molecular weight is 157 g/mol. The summed E-state index contributed by atoms with van der Waals surface area (Å²) in [5.74, 6) is -0.468. The van der Waals surface area contributed by atoms with Crippen LogP contribution >= 0.6 is 0 Å². The van der Waals surface area contributed by atoms with Crippen LogP contribution in [-0.2, 0) is 9.53 Å². The monoisotopic (exact) mass is 157 g/mol. The van der Waals surface area contributed by atoms with E-state index in [2.05, 4.69) is 10.0 Å². The topological polar surface area (TPSA) is 75.1 Å². The summed E-state index contributed by atoms with van der Waals surface area (Å²) in [6, 6.07) is -0.716. The molecule has 0 amide bonds.